The first-order valence-electron chi connectivity index (χ1n) is 15.6. The lowest BCUT2D eigenvalue weighted by Gasteiger charge is -2.12. The van der Waals surface area contributed by atoms with Gasteiger partial charge in [0.2, 0.25) is 0 Å². The summed E-state index contributed by atoms with van der Waals surface area (Å²) in [7, 11) is -4.76. The first kappa shape index (κ1) is 40.1. The van der Waals surface area contributed by atoms with Crippen LogP contribution in [0.1, 0.15) is 38.5 Å². The summed E-state index contributed by atoms with van der Waals surface area (Å²) < 4.78 is 59.2. The highest BCUT2D eigenvalue weighted by Crippen LogP contribution is 2.34. The Balaban J connectivity index is 0.000000618. The van der Waals surface area contributed by atoms with Crippen LogP contribution >= 0.6 is 0 Å². The van der Waals surface area contributed by atoms with Gasteiger partial charge in [-0.25, -0.2) is 13.6 Å². The van der Waals surface area contributed by atoms with Gasteiger partial charge in [0.15, 0.2) is 25.0 Å². The van der Waals surface area contributed by atoms with E-state index in [1.807, 2.05) is 36.4 Å². The second-order valence-electron chi connectivity index (χ2n) is 9.99. The van der Waals surface area contributed by atoms with Crippen molar-refractivity contribution < 1.29 is 41.4 Å². The Kier molecular flexibility index (Phi) is 20.1. The molecule has 0 heterocycles. The second-order valence-corrected chi connectivity index (χ2v) is 13.0. The van der Waals surface area contributed by atoms with Crippen molar-refractivity contribution >= 4 is 21.2 Å². The van der Waals surface area contributed by atoms with Crippen LogP contribution in [0.15, 0.2) is 126 Å². The molecule has 0 amide bonds. The van der Waals surface area contributed by atoms with E-state index in [2.05, 4.69) is 61.3 Å². The van der Waals surface area contributed by atoms with Crippen LogP contribution in [0.4, 0.5) is 0 Å². The molecule has 0 spiro atoms. The maximum Gasteiger partial charge on any atom is 0.166 e. The Bertz CT molecular complexity index is 1250. The molecule has 1 saturated carbocycles. The molecule has 0 atom stereocenters. The molecule has 0 bridgehead atoms. The number of nitrogens with two attached hydrogens (primary N) is 1. The van der Waals surface area contributed by atoms with E-state index in [0.717, 1.165) is 31.9 Å². The number of benzene rings is 3. The number of hydrogen-bond donors (Lipinski definition) is 1. The van der Waals surface area contributed by atoms with Crippen LogP contribution in [0.2, 0.25) is 0 Å². The van der Waals surface area contributed by atoms with Crippen LogP contribution in [-0.4, -0.2) is 52.6 Å². The summed E-state index contributed by atoms with van der Waals surface area (Å²) in [6, 6.07) is 24.5. The van der Waals surface area contributed by atoms with E-state index in [1.54, 1.807) is 0 Å². The summed E-state index contributed by atoms with van der Waals surface area (Å²) in [6.07, 6.45) is 13.2. The Hall–Kier alpha value is -4.10. The maximum absolute atomic E-state index is 8.85. The van der Waals surface area contributed by atoms with Crippen molar-refractivity contribution in [2.45, 2.75) is 53.2 Å². The zero-order valence-corrected chi connectivity index (χ0v) is 29.0. The van der Waals surface area contributed by atoms with Crippen LogP contribution in [0, 0.1) is 0 Å². The fourth-order valence-electron chi connectivity index (χ4n) is 4.36. The van der Waals surface area contributed by atoms with Crippen molar-refractivity contribution in [1.82, 2.24) is 0 Å². The van der Waals surface area contributed by atoms with Crippen LogP contribution in [0.25, 0.3) is 0 Å². The summed E-state index contributed by atoms with van der Waals surface area (Å²) >= 11 is 0. The smallest absolute Gasteiger partial charge is 0.166 e. The number of hydrogen-bond acceptors (Lipinski definition) is 9. The van der Waals surface area contributed by atoms with Gasteiger partial charge in [0.25, 0.3) is 0 Å². The Morgan fingerprint density at radius 2 is 0.771 bits per heavy atom. The first-order valence-corrected chi connectivity index (χ1v) is 18.3. The molecule has 262 valence electrons. The number of rotatable bonds is 18. The van der Waals surface area contributed by atoms with Gasteiger partial charge in [-0.1, -0.05) is 58.3 Å². The zero-order chi connectivity index (χ0) is 34.9. The van der Waals surface area contributed by atoms with Gasteiger partial charge in [0, 0.05) is 0 Å². The molecule has 3 aromatic rings. The van der Waals surface area contributed by atoms with Gasteiger partial charge in [-0.05, 0) is 72.8 Å². The van der Waals surface area contributed by atoms with Gasteiger partial charge < -0.3 is 33.0 Å². The normalized spacial score (nSPS) is 12.1. The summed E-state index contributed by atoms with van der Waals surface area (Å²) in [4.78, 5) is 3.49. The summed E-state index contributed by atoms with van der Waals surface area (Å²) in [5.74, 6) is 2.36. The van der Waals surface area contributed by atoms with E-state index in [9.17, 15) is 0 Å². The lowest BCUT2D eigenvalue weighted by Crippen LogP contribution is -2.08. The average molecular weight is 702 g/mol. The fraction of sp³-hybridized carbons (Fsp3) is 0.333. The summed E-state index contributed by atoms with van der Waals surface area (Å²) in [6.45, 7) is 13.3. The third-order valence-corrected chi connectivity index (χ3v) is 8.67. The zero-order valence-electron chi connectivity index (χ0n) is 27.3. The van der Waals surface area contributed by atoms with Crippen molar-refractivity contribution in [2.24, 2.45) is 5.14 Å². The topological polar surface area (TPSA) is 139 Å². The molecule has 0 radical (unpaired) electrons. The predicted octanol–water partition coefficient (Wildman–Crippen LogP) is 7.14. The molecule has 10 nitrogen and oxygen atoms in total. The first-order chi connectivity index (χ1) is 23.2. The Labute approximate surface area is 288 Å². The standard InChI is InChI=1S/C30H33O6S.C6H12.H3NO3S/c1-4-31-19-22-34-25-7-13-28(14-8-25)37(29-15-9-26(10-16-29)35-23-20-32-5-2)30-17-11-27(12-18-30)36-24-21-33-6-3;1-2-4-6-5-3-1;1-5(2,3)4/h4-18H,1-3,19-24H2;1-6H2;(H3,1,2,3,4)/q+1;;/p-1. The third-order valence-electron chi connectivity index (χ3n) is 6.44. The van der Waals surface area contributed by atoms with Gasteiger partial charge in [0.05, 0.1) is 29.7 Å². The lowest BCUT2D eigenvalue weighted by atomic mass is 10.0. The summed E-state index contributed by atoms with van der Waals surface area (Å²) in [5.41, 5.74) is 0. The van der Waals surface area contributed by atoms with Crippen LogP contribution in [-0.2, 0) is 35.4 Å². The third kappa shape index (κ3) is 18.3. The van der Waals surface area contributed by atoms with Crippen molar-refractivity contribution in [1.29, 1.82) is 0 Å². The minimum Gasteiger partial charge on any atom is -0.736 e. The van der Waals surface area contributed by atoms with E-state index in [1.165, 1.54) is 57.3 Å². The van der Waals surface area contributed by atoms with E-state index in [-0.39, 0.29) is 10.9 Å². The molecule has 12 heteroatoms. The highest BCUT2D eigenvalue weighted by Gasteiger charge is 2.29. The Morgan fingerprint density at radius 3 is 0.979 bits per heavy atom. The van der Waals surface area contributed by atoms with Gasteiger partial charge in [-0.3, -0.25) is 0 Å². The molecule has 4 rings (SSSR count). The van der Waals surface area contributed by atoms with Gasteiger partial charge in [-0.2, -0.15) is 0 Å². The van der Waals surface area contributed by atoms with Crippen molar-refractivity contribution in [3.05, 3.63) is 111 Å². The monoisotopic (exact) mass is 701 g/mol. The Morgan fingerprint density at radius 1 is 0.542 bits per heavy atom. The molecule has 0 aromatic heterocycles. The van der Waals surface area contributed by atoms with Gasteiger partial charge >= 0.3 is 0 Å². The van der Waals surface area contributed by atoms with Crippen LogP contribution in [0.3, 0.4) is 0 Å². The van der Waals surface area contributed by atoms with Crippen LogP contribution < -0.4 is 19.3 Å². The fourth-order valence-corrected chi connectivity index (χ4v) is 6.40. The molecular weight excluding hydrogens is 655 g/mol. The molecule has 1 aliphatic carbocycles. The highest BCUT2D eigenvalue weighted by molar-refractivity contribution is 7.97. The molecule has 0 unspecified atom stereocenters. The largest absolute Gasteiger partial charge is 0.736 e. The van der Waals surface area contributed by atoms with Crippen LogP contribution in [0.5, 0.6) is 17.2 Å². The minimum absolute atomic E-state index is 0.346. The predicted molar refractivity (Wildman–Crippen MR) is 188 cm³/mol. The molecule has 2 N–H and O–H groups in total. The SMILES string of the molecule is C1CCCCC1.C=COCCOc1ccc([S+](c2ccc(OCCOC=C)cc2)c2ccc(OCCOC=C)cc2)cc1.NS(=O)(=O)[O-]. The molecule has 0 aliphatic heterocycles. The molecule has 0 saturated heterocycles. The van der Waals surface area contributed by atoms with Crippen molar-refractivity contribution in [3.63, 3.8) is 0 Å². The maximum atomic E-state index is 8.85. The second kappa shape index (κ2) is 24.1. The molecule has 1 fully saturated rings. The number of ether oxygens (including phenoxy) is 6. The van der Waals surface area contributed by atoms with Crippen molar-refractivity contribution in [2.75, 3.05) is 39.6 Å². The van der Waals surface area contributed by atoms with E-state index >= 15 is 0 Å². The quantitative estimate of drug-likeness (QED) is 0.0634. The highest BCUT2D eigenvalue weighted by atomic mass is 32.2. The minimum atomic E-state index is -4.42. The van der Waals surface area contributed by atoms with Gasteiger partial charge in [-0.15, -0.1) is 0 Å². The van der Waals surface area contributed by atoms with E-state index in [0.29, 0.717) is 39.6 Å². The van der Waals surface area contributed by atoms with E-state index in [4.69, 9.17) is 41.4 Å². The summed E-state index contributed by atoms with van der Waals surface area (Å²) in [5, 5.41) is 3.77. The lowest BCUT2D eigenvalue weighted by molar-refractivity contribution is 0.179. The average Bonchev–Trinajstić information content (AvgIpc) is 3.09. The van der Waals surface area contributed by atoms with E-state index < -0.39 is 10.3 Å². The van der Waals surface area contributed by atoms with Gasteiger partial charge in [0.1, 0.15) is 56.9 Å². The van der Waals surface area contributed by atoms with Crippen molar-refractivity contribution in [3.8, 4) is 17.2 Å². The molecule has 3 aromatic carbocycles. The molecule has 1 aliphatic rings. The molecule has 48 heavy (non-hydrogen) atoms. The molecular formula is C36H47NO9S2.